The summed E-state index contributed by atoms with van der Waals surface area (Å²) in [6.45, 7) is 3.13. The van der Waals surface area contributed by atoms with Gasteiger partial charge in [-0.25, -0.2) is 4.79 Å². The van der Waals surface area contributed by atoms with E-state index in [2.05, 4.69) is 10.1 Å². The average Bonchev–Trinajstić information content (AvgIpc) is 2.83. The third-order valence-electron chi connectivity index (χ3n) is 4.18. The highest BCUT2D eigenvalue weighted by Gasteiger charge is 2.28. The van der Waals surface area contributed by atoms with E-state index in [4.69, 9.17) is 4.42 Å². The lowest BCUT2D eigenvalue weighted by Crippen LogP contribution is -2.35. The number of amides is 2. The number of likely N-dealkylation sites (tertiary alicyclic amines) is 1. The topological polar surface area (TPSA) is 71.8 Å². The Morgan fingerprint density at radius 3 is 2.87 bits per heavy atom. The van der Waals surface area contributed by atoms with Crippen LogP contribution in [0.25, 0.3) is 0 Å². The molecule has 1 aliphatic rings. The molecule has 23 heavy (non-hydrogen) atoms. The number of carbonyl (C=O) groups is 2. The smallest absolute Gasteiger partial charge is 0.406 e. The van der Waals surface area contributed by atoms with Crippen LogP contribution in [0.15, 0.2) is 16.5 Å². The normalized spacial score (nSPS) is 18.3. The first kappa shape index (κ1) is 17.4. The summed E-state index contributed by atoms with van der Waals surface area (Å²) in [6, 6.07) is 3.96. The van der Waals surface area contributed by atoms with Crippen molar-refractivity contribution in [2.45, 2.75) is 51.5 Å². The van der Waals surface area contributed by atoms with E-state index < -0.39 is 6.09 Å². The summed E-state index contributed by atoms with van der Waals surface area (Å²) in [7, 11) is 1.33. The second-order valence-corrected chi connectivity index (χ2v) is 5.92. The standard InChI is InChI=1S/C17H26N2O4/c1-13-9-10-15(23-13)14-7-4-3-5-12-19(14)16(20)8-6-11-18-17(21)22-2/h9-10,14H,3-8,11-12H2,1-2H3,(H,18,21). The molecule has 128 valence electrons. The van der Waals surface area contributed by atoms with Gasteiger partial charge in [0.1, 0.15) is 11.5 Å². The first-order valence-corrected chi connectivity index (χ1v) is 8.29. The minimum Gasteiger partial charge on any atom is -0.464 e. The molecular weight excluding hydrogens is 296 g/mol. The van der Waals surface area contributed by atoms with Gasteiger partial charge in [-0.1, -0.05) is 12.8 Å². The van der Waals surface area contributed by atoms with Crippen LogP contribution in [-0.4, -0.2) is 37.1 Å². The van der Waals surface area contributed by atoms with Gasteiger partial charge in [0.25, 0.3) is 0 Å². The number of nitrogens with zero attached hydrogens (tertiary/aromatic N) is 1. The summed E-state index contributed by atoms with van der Waals surface area (Å²) in [5.74, 6) is 1.88. The molecule has 2 amide bonds. The maximum Gasteiger partial charge on any atom is 0.406 e. The quantitative estimate of drug-likeness (QED) is 0.845. The number of methoxy groups -OCH3 is 1. The van der Waals surface area contributed by atoms with Gasteiger partial charge in [0.05, 0.1) is 13.2 Å². The minimum absolute atomic E-state index is 0.0345. The Morgan fingerprint density at radius 2 is 2.17 bits per heavy atom. The maximum absolute atomic E-state index is 12.6. The van der Waals surface area contributed by atoms with Crippen LogP contribution < -0.4 is 5.32 Å². The zero-order chi connectivity index (χ0) is 16.7. The van der Waals surface area contributed by atoms with E-state index in [9.17, 15) is 9.59 Å². The van der Waals surface area contributed by atoms with Gasteiger partial charge < -0.3 is 19.4 Å². The van der Waals surface area contributed by atoms with Crippen LogP contribution >= 0.6 is 0 Å². The zero-order valence-corrected chi connectivity index (χ0v) is 14.0. The average molecular weight is 322 g/mol. The van der Waals surface area contributed by atoms with Crippen LogP contribution in [-0.2, 0) is 9.53 Å². The number of hydrogen-bond donors (Lipinski definition) is 1. The molecule has 1 saturated heterocycles. The van der Waals surface area contributed by atoms with Gasteiger partial charge in [0, 0.05) is 19.5 Å². The molecule has 1 aromatic rings. The maximum atomic E-state index is 12.6. The molecule has 0 bridgehead atoms. The lowest BCUT2D eigenvalue weighted by Gasteiger charge is -2.28. The molecule has 1 unspecified atom stereocenters. The highest BCUT2D eigenvalue weighted by Crippen LogP contribution is 2.31. The lowest BCUT2D eigenvalue weighted by molar-refractivity contribution is -0.134. The lowest BCUT2D eigenvalue weighted by atomic mass is 10.1. The number of aryl methyl sites for hydroxylation is 1. The zero-order valence-electron chi connectivity index (χ0n) is 14.0. The van der Waals surface area contributed by atoms with Crippen molar-refractivity contribution in [3.05, 3.63) is 23.7 Å². The van der Waals surface area contributed by atoms with Crippen molar-refractivity contribution in [1.29, 1.82) is 0 Å². The van der Waals surface area contributed by atoms with Crippen LogP contribution in [0.5, 0.6) is 0 Å². The summed E-state index contributed by atoms with van der Waals surface area (Å²) < 4.78 is 10.3. The first-order chi connectivity index (χ1) is 11.1. The summed E-state index contributed by atoms with van der Waals surface area (Å²) in [4.78, 5) is 25.5. The van der Waals surface area contributed by atoms with Crippen molar-refractivity contribution in [2.75, 3.05) is 20.2 Å². The van der Waals surface area contributed by atoms with Crippen molar-refractivity contribution in [3.63, 3.8) is 0 Å². The third-order valence-corrected chi connectivity index (χ3v) is 4.18. The van der Waals surface area contributed by atoms with Crippen LogP contribution in [0.3, 0.4) is 0 Å². The van der Waals surface area contributed by atoms with Crippen molar-refractivity contribution in [1.82, 2.24) is 10.2 Å². The molecule has 0 radical (unpaired) electrons. The predicted molar refractivity (Wildman–Crippen MR) is 86.0 cm³/mol. The number of ether oxygens (including phenoxy) is 1. The van der Waals surface area contributed by atoms with Gasteiger partial charge in [0.15, 0.2) is 0 Å². The van der Waals surface area contributed by atoms with E-state index in [-0.39, 0.29) is 11.9 Å². The largest absolute Gasteiger partial charge is 0.464 e. The second-order valence-electron chi connectivity index (χ2n) is 5.92. The van der Waals surface area contributed by atoms with Gasteiger partial charge in [-0.3, -0.25) is 4.79 Å². The molecule has 2 heterocycles. The number of furan rings is 1. The number of alkyl carbamates (subject to hydrolysis) is 1. The Kier molecular flexibility index (Phi) is 6.50. The molecule has 6 heteroatoms. The molecule has 1 aliphatic heterocycles. The number of carbonyl (C=O) groups excluding carboxylic acids is 2. The van der Waals surface area contributed by atoms with Crippen molar-refractivity contribution in [2.24, 2.45) is 0 Å². The molecule has 0 saturated carbocycles. The fourth-order valence-electron chi connectivity index (χ4n) is 2.98. The van der Waals surface area contributed by atoms with E-state index in [0.717, 1.165) is 43.7 Å². The highest BCUT2D eigenvalue weighted by molar-refractivity contribution is 5.76. The van der Waals surface area contributed by atoms with Gasteiger partial charge in [0.2, 0.25) is 5.91 Å². The third kappa shape index (κ3) is 5.01. The Morgan fingerprint density at radius 1 is 1.35 bits per heavy atom. The Bertz CT molecular complexity index is 526. The molecule has 1 atom stereocenters. The minimum atomic E-state index is -0.462. The van der Waals surface area contributed by atoms with Gasteiger partial charge in [-0.15, -0.1) is 0 Å². The van der Waals surface area contributed by atoms with Crippen LogP contribution in [0, 0.1) is 6.92 Å². The van der Waals surface area contributed by atoms with E-state index in [1.165, 1.54) is 7.11 Å². The summed E-state index contributed by atoms with van der Waals surface area (Å²) >= 11 is 0. The van der Waals surface area contributed by atoms with E-state index >= 15 is 0 Å². The fraction of sp³-hybridized carbons (Fsp3) is 0.647. The monoisotopic (exact) mass is 322 g/mol. The molecule has 2 rings (SSSR count). The van der Waals surface area contributed by atoms with Crippen LogP contribution in [0.4, 0.5) is 4.79 Å². The molecule has 1 N–H and O–H groups in total. The molecular formula is C17H26N2O4. The molecule has 1 aromatic heterocycles. The van der Waals surface area contributed by atoms with E-state index in [0.29, 0.717) is 19.4 Å². The Balaban J connectivity index is 1.93. The van der Waals surface area contributed by atoms with Gasteiger partial charge >= 0.3 is 6.09 Å². The Hall–Kier alpha value is -1.98. The predicted octanol–water partition coefficient (Wildman–Crippen LogP) is 3.17. The summed E-state index contributed by atoms with van der Waals surface area (Å²) in [5.41, 5.74) is 0. The van der Waals surface area contributed by atoms with Crippen molar-refractivity contribution in [3.8, 4) is 0 Å². The fourth-order valence-corrected chi connectivity index (χ4v) is 2.98. The van der Waals surface area contributed by atoms with Crippen LogP contribution in [0.2, 0.25) is 0 Å². The SMILES string of the molecule is COC(=O)NCCCC(=O)N1CCCCCC1c1ccc(C)o1. The second kappa shape index (κ2) is 8.60. The number of rotatable bonds is 5. The van der Waals surface area contributed by atoms with E-state index in [1.54, 1.807) is 0 Å². The number of nitrogens with one attached hydrogen (secondary N) is 1. The van der Waals surface area contributed by atoms with Gasteiger partial charge in [-0.2, -0.15) is 0 Å². The van der Waals surface area contributed by atoms with Gasteiger partial charge in [-0.05, 0) is 38.3 Å². The van der Waals surface area contributed by atoms with Crippen molar-refractivity contribution >= 4 is 12.0 Å². The first-order valence-electron chi connectivity index (χ1n) is 8.29. The Labute approximate surface area is 137 Å². The van der Waals surface area contributed by atoms with Crippen LogP contribution in [0.1, 0.15) is 56.1 Å². The molecule has 0 spiro atoms. The summed E-state index contributed by atoms with van der Waals surface area (Å²) in [6.07, 6.45) is 4.79. The van der Waals surface area contributed by atoms with E-state index in [1.807, 2.05) is 24.0 Å². The number of hydrogen-bond acceptors (Lipinski definition) is 4. The molecule has 0 aromatic carbocycles. The summed E-state index contributed by atoms with van der Waals surface area (Å²) in [5, 5.41) is 2.60. The van der Waals surface area contributed by atoms with Crippen molar-refractivity contribution < 1.29 is 18.7 Å². The molecule has 6 nitrogen and oxygen atoms in total. The highest BCUT2D eigenvalue weighted by atomic mass is 16.5. The molecule has 1 fully saturated rings. The molecule has 0 aliphatic carbocycles.